The van der Waals surface area contributed by atoms with Crippen molar-refractivity contribution in [2.24, 2.45) is 0 Å². The summed E-state index contributed by atoms with van der Waals surface area (Å²) in [5.41, 5.74) is 0.400. The Morgan fingerprint density at radius 1 is 0.871 bits per heavy atom. The van der Waals surface area contributed by atoms with Crippen LogP contribution in [-0.2, 0) is 14.3 Å². The van der Waals surface area contributed by atoms with Gasteiger partial charge in [0.25, 0.3) is 5.91 Å². The van der Waals surface area contributed by atoms with Crippen molar-refractivity contribution in [2.75, 3.05) is 31.7 Å². The lowest BCUT2D eigenvalue weighted by atomic mass is 10.2. The number of halogens is 1. The van der Waals surface area contributed by atoms with Crippen LogP contribution in [0.5, 0.6) is 17.2 Å². The highest BCUT2D eigenvalue weighted by atomic mass is 79.9. The molecule has 0 saturated heterocycles. The molecule has 0 heterocycles. The molecule has 0 spiro atoms. The zero-order chi connectivity index (χ0) is 22.6. The van der Waals surface area contributed by atoms with Gasteiger partial charge in [-0.25, -0.2) is 9.59 Å². The van der Waals surface area contributed by atoms with Gasteiger partial charge in [0.05, 0.1) is 13.2 Å². The molecule has 10 heteroatoms. The van der Waals surface area contributed by atoms with E-state index >= 15 is 0 Å². The summed E-state index contributed by atoms with van der Waals surface area (Å²) >= 11 is 3.29. The normalized spacial score (nSPS) is 10.0. The maximum atomic E-state index is 12.0. The molecule has 0 aliphatic carbocycles. The molecule has 0 bridgehead atoms. The number of ether oxygens (including phenoxy) is 4. The lowest BCUT2D eigenvalue weighted by molar-refractivity contribution is -0.150. The summed E-state index contributed by atoms with van der Waals surface area (Å²) < 4.78 is 21.8. The number of rotatable bonds is 10. The van der Waals surface area contributed by atoms with Gasteiger partial charge in [-0.15, -0.1) is 0 Å². The average Bonchev–Trinajstić information content (AvgIpc) is 2.74. The van der Waals surface area contributed by atoms with Crippen molar-refractivity contribution in [1.82, 2.24) is 5.32 Å². The molecule has 0 aliphatic rings. The van der Waals surface area contributed by atoms with E-state index in [9.17, 15) is 14.4 Å². The topological polar surface area (TPSA) is 112 Å². The molecule has 0 fully saturated rings. The molecule has 9 nitrogen and oxygen atoms in total. The van der Waals surface area contributed by atoms with Crippen LogP contribution in [0.15, 0.2) is 46.9 Å². The van der Waals surface area contributed by atoms with Crippen molar-refractivity contribution in [2.45, 2.75) is 13.8 Å². The van der Waals surface area contributed by atoms with E-state index in [4.69, 9.17) is 18.9 Å². The smallest absolute Gasteiger partial charge is 0.344 e. The molecule has 0 radical (unpaired) electrons. The Hall–Kier alpha value is -3.27. The van der Waals surface area contributed by atoms with Gasteiger partial charge >= 0.3 is 12.0 Å². The van der Waals surface area contributed by atoms with Crippen LogP contribution in [0.25, 0.3) is 0 Å². The minimum Gasteiger partial charge on any atom is -0.490 e. The van der Waals surface area contributed by atoms with Gasteiger partial charge in [0.2, 0.25) is 0 Å². The molecule has 2 aromatic carbocycles. The third-order valence-corrected chi connectivity index (χ3v) is 4.12. The van der Waals surface area contributed by atoms with Crippen LogP contribution in [0.1, 0.15) is 13.8 Å². The molecule has 166 valence electrons. The van der Waals surface area contributed by atoms with Crippen LogP contribution in [0.3, 0.4) is 0 Å². The number of benzene rings is 2. The van der Waals surface area contributed by atoms with Crippen LogP contribution in [0.2, 0.25) is 0 Å². The number of carbonyl (C=O) groups excluding carboxylic acids is 3. The number of amides is 3. The molecule has 2 rings (SSSR count). The Labute approximate surface area is 188 Å². The average molecular weight is 495 g/mol. The molecule has 0 atom stereocenters. The molecule has 0 unspecified atom stereocenters. The minimum atomic E-state index is -0.787. The Morgan fingerprint density at radius 3 is 2.23 bits per heavy atom. The van der Waals surface area contributed by atoms with Crippen molar-refractivity contribution in [1.29, 1.82) is 0 Å². The molecule has 0 saturated carbocycles. The summed E-state index contributed by atoms with van der Waals surface area (Å²) in [6.07, 6.45) is 0. The van der Waals surface area contributed by atoms with Crippen molar-refractivity contribution >= 4 is 39.5 Å². The van der Waals surface area contributed by atoms with E-state index < -0.39 is 24.5 Å². The molecule has 3 amide bonds. The van der Waals surface area contributed by atoms with Crippen LogP contribution < -0.4 is 24.8 Å². The number of hydrogen-bond acceptors (Lipinski definition) is 7. The quantitative estimate of drug-likeness (QED) is 0.485. The molecular formula is C21H23BrN2O7. The van der Waals surface area contributed by atoms with Gasteiger partial charge < -0.3 is 24.3 Å². The Kier molecular flexibility index (Phi) is 9.63. The van der Waals surface area contributed by atoms with Gasteiger partial charge in [0.15, 0.2) is 24.7 Å². The summed E-state index contributed by atoms with van der Waals surface area (Å²) in [7, 11) is 0. The van der Waals surface area contributed by atoms with Gasteiger partial charge in [-0.3, -0.25) is 10.1 Å². The van der Waals surface area contributed by atoms with E-state index in [0.717, 1.165) is 4.47 Å². The lowest BCUT2D eigenvalue weighted by Gasteiger charge is -2.13. The fourth-order valence-electron chi connectivity index (χ4n) is 2.31. The fraction of sp³-hybridized carbons (Fsp3) is 0.286. The first kappa shape index (κ1) is 24.0. The van der Waals surface area contributed by atoms with Crippen molar-refractivity contribution in [3.05, 3.63) is 46.9 Å². The van der Waals surface area contributed by atoms with E-state index in [1.54, 1.807) is 42.5 Å². The minimum absolute atomic E-state index is 0.368. The number of imide groups is 1. The molecule has 0 aliphatic heterocycles. The molecule has 2 aromatic rings. The summed E-state index contributed by atoms with van der Waals surface area (Å²) in [6, 6.07) is 10.9. The number of hydrogen-bond donors (Lipinski definition) is 2. The van der Waals surface area contributed by atoms with E-state index in [-0.39, 0.29) is 6.61 Å². The predicted octanol–water partition coefficient (Wildman–Crippen LogP) is 3.52. The Balaban J connectivity index is 1.76. The molecule has 31 heavy (non-hydrogen) atoms. The maximum Gasteiger partial charge on any atom is 0.344 e. The summed E-state index contributed by atoms with van der Waals surface area (Å²) in [5, 5.41) is 4.58. The highest BCUT2D eigenvalue weighted by Crippen LogP contribution is 2.30. The van der Waals surface area contributed by atoms with Gasteiger partial charge in [-0.1, -0.05) is 15.9 Å². The zero-order valence-corrected chi connectivity index (χ0v) is 18.7. The van der Waals surface area contributed by atoms with Crippen LogP contribution in [-0.4, -0.2) is 44.3 Å². The van der Waals surface area contributed by atoms with E-state index in [1.807, 2.05) is 13.8 Å². The Bertz CT molecular complexity index is 903. The maximum absolute atomic E-state index is 12.0. The standard InChI is InChI=1S/C21H23BrN2O7/c1-3-28-17-10-7-15(11-18(17)29-4-2)23-21(27)24-19(25)12-31-20(26)13-30-16-8-5-14(22)6-9-16/h5-11H,3-4,12-13H2,1-2H3,(H2,23,24,25,27). The van der Waals surface area contributed by atoms with Crippen molar-refractivity contribution in [3.63, 3.8) is 0 Å². The summed E-state index contributed by atoms with van der Waals surface area (Å²) in [6.45, 7) is 3.57. The van der Waals surface area contributed by atoms with Crippen molar-refractivity contribution < 1.29 is 33.3 Å². The van der Waals surface area contributed by atoms with Crippen molar-refractivity contribution in [3.8, 4) is 17.2 Å². The highest BCUT2D eigenvalue weighted by molar-refractivity contribution is 9.10. The van der Waals surface area contributed by atoms with E-state index in [2.05, 4.69) is 26.6 Å². The molecule has 0 aromatic heterocycles. The van der Waals surface area contributed by atoms with Crippen LogP contribution >= 0.6 is 15.9 Å². The molecule has 2 N–H and O–H groups in total. The zero-order valence-electron chi connectivity index (χ0n) is 17.1. The number of nitrogens with one attached hydrogen (secondary N) is 2. The monoisotopic (exact) mass is 494 g/mol. The first-order valence-corrected chi connectivity index (χ1v) is 10.2. The number of urea groups is 1. The second kappa shape index (κ2) is 12.4. The SMILES string of the molecule is CCOc1ccc(NC(=O)NC(=O)COC(=O)COc2ccc(Br)cc2)cc1OCC. The van der Waals surface area contributed by atoms with Gasteiger partial charge in [0.1, 0.15) is 5.75 Å². The number of carbonyl (C=O) groups is 3. The predicted molar refractivity (Wildman–Crippen MR) is 117 cm³/mol. The Morgan fingerprint density at radius 2 is 1.55 bits per heavy atom. The summed E-state index contributed by atoms with van der Waals surface area (Å²) in [5.74, 6) is -0.0422. The lowest BCUT2D eigenvalue weighted by Crippen LogP contribution is -2.37. The third-order valence-electron chi connectivity index (χ3n) is 3.59. The van der Waals surface area contributed by atoms with Gasteiger partial charge in [-0.2, -0.15) is 0 Å². The fourth-order valence-corrected chi connectivity index (χ4v) is 2.58. The first-order valence-electron chi connectivity index (χ1n) is 9.45. The highest BCUT2D eigenvalue weighted by Gasteiger charge is 2.13. The van der Waals surface area contributed by atoms with E-state index in [0.29, 0.717) is 36.1 Å². The van der Waals surface area contributed by atoms with Gasteiger partial charge in [-0.05, 0) is 50.2 Å². The second-order valence-corrected chi connectivity index (χ2v) is 6.85. The second-order valence-electron chi connectivity index (χ2n) is 5.93. The summed E-state index contributed by atoms with van der Waals surface area (Å²) in [4.78, 5) is 35.5. The van der Waals surface area contributed by atoms with Gasteiger partial charge in [0, 0.05) is 16.2 Å². The van der Waals surface area contributed by atoms with Crippen LogP contribution in [0, 0.1) is 0 Å². The number of anilines is 1. The molecular weight excluding hydrogens is 472 g/mol. The largest absolute Gasteiger partial charge is 0.490 e. The number of esters is 1. The third kappa shape index (κ3) is 8.55. The van der Waals surface area contributed by atoms with Crippen LogP contribution in [0.4, 0.5) is 10.5 Å². The van der Waals surface area contributed by atoms with E-state index in [1.165, 1.54) is 0 Å². The first-order chi connectivity index (χ1) is 14.9.